The zero-order valence-corrected chi connectivity index (χ0v) is 25.7. The van der Waals surface area contributed by atoms with Gasteiger partial charge < -0.3 is 20.1 Å². The van der Waals surface area contributed by atoms with Crippen LogP contribution in [0.25, 0.3) is 11.1 Å². The first kappa shape index (κ1) is 32.5. The van der Waals surface area contributed by atoms with Gasteiger partial charge in [0.2, 0.25) is 0 Å². The van der Waals surface area contributed by atoms with Crippen molar-refractivity contribution in [1.29, 1.82) is 0 Å². The lowest BCUT2D eigenvalue weighted by Gasteiger charge is -2.31. The van der Waals surface area contributed by atoms with Gasteiger partial charge in [-0.15, -0.1) is 0 Å². The minimum absolute atomic E-state index is 0.0124. The van der Waals surface area contributed by atoms with E-state index in [0.717, 1.165) is 68.7 Å². The van der Waals surface area contributed by atoms with E-state index in [4.69, 9.17) is 16.3 Å². The van der Waals surface area contributed by atoms with Gasteiger partial charge in [-0.1, -0.05) is 92.2 Å². The molecule has 0 spiro atoms. The average Bonchev–Trinajstić information content (AvgIpc) is 3.02. The lowest BCUT2D eigenvalue weighted by molar-refractivity contribution is 0.0584. The van der Waals surface area contributed by atoms with Crippen LogP contribution in [0.1, 0.15) is 68.1 Å². The third-order valence-corrected chi connectivity index (χ3v) is 8.24. The first-order valence-corrected chi connectivity index (χ1v) is 15.9. The Morgan fingerprint density at radius 1 is 0.860 bits per heavy atom. The van der Waals surface area contributed by atoms with Crippen molar-refractivity contribution in [3.63, 3.8) is 0 Å². The Labute approximate surface area is 260 Å². The quantitative estimate of drug-likeness (QED) is 0.113. The summed E-state index contributed by atoms with van der Waals surface area (Å²) in [5.74, 6) is -0.0357. The van der Waals surface area contributed by atoms with E-state index < -0.39 is 0 Å². The van der Waals surface area contributed by atoms with Crippen LogP contribution in [0.5, 0.6) is 5.75 Å². The lowest BCUT2D eigenvalue weighted by Crippen LogP contribution is -2.38. The monoisotopic (exact) mass is 605 g/mol. The van der Waals surface area contributed by atoms with E-state index in [9.17, 15) is 14.7 Å². The van der Waals surface area contributed by atoms with Gasteiger partial charge in [-0.2, -0.15) is 0 Å². The average molecular weight is 606 g/mol. The van der Waals surface area contributed by atoms with Crippen molar-refractivity contribution in [3.8, 4) is 16.9 Å². The molecule has 0 radical (unpaired) electrons. The van der Waals surface area contributed by atoms with Gasteiger partial charge in [-0.25, -0.2) is 4.79 Å². The Morgan fingerprint density at radius 3 is 2.28 bits per heavy atom. The molecular weight excluding hydrogens is 562 g/mol. The molecule has 0 unspecified atom stereocenters. The Balaban J connectivity index is 0.988. The van der Waals surface area contributed by atoms with Crippen LogP contribution in [0.2, 0.25) is 5.02 Å². The van der Waals surface area contributed by atoms with E-state index in [0.29, 0.717) is 5.56 Å². The number of nitrogens with one attached hydrogen (secondary N) is 2. The number of carbonyl (C=O) groups excluding carboxylic acids is 2. The predicted molar refractivity (Wildman–Crippen MR) is 174 cm³/mol. The Bertz CT molecular complexity index is 1300. The number of hydrogen-bond acceptors (Lipinski definition) is 6. The number of ether oxygens (including phenoxy) is 1. The highest BCUT2D eigenvalue weighted by Crippen LogP contribution is 2.28. The molecule has 1 aliphatic heterocycles. The van der Waals surface area contributed by atoms with Gasteiger partial charge in [0.25, 0.3) is 0 Å². The van der Waals surface area contributed by atoms with Crippen molar-refractivity contribution in [1.82, 2.24) is 10.2 Å². The molecule has 1 aliphatic rings. The smallest absolute Gasteiger partial charge is 0.411 e. The zero-order chi connectivity index (χ0) is 30.3. The molecule has 1 heterocycles. The van der Waals surface area contributed by atoms with Gasteiger partial charge in [0.15, 0.2) is 5.78 Å². The molecule has 1 fully saturated rings. The van der Waals surface area contributed by atoms with E-state index in [1.54, 1.807) is 6.07 Å². The van der Waals surface area contributed by atoms with Gasteiger partial charge in [-0.05, 0) is 68.6 Å². The summed E-state index contributed by atoms with van der Waals surface area (Å²) in [5, 5.41) is 15.8. The van der Waals surface area contributed by atoms with Gasteiger partial charge in [0, 0.05) is 24.2 Å². The molecule has 8 heteroatoms. The van der Waals surface area contributed by atoms with E-state index >= 15 is 0 Å². The highest BCUT2D eigenvalue weighted by atomic mass is 35.5. The second-order valence-electron chi connectivity index (χ2n) is 11.2. The summed E-state index contributed by atoms with van der Waals surface area (Å²) in [5.41, 5.74) is 3.31. The molecule has 43 heavy (non-hydrogen) atoms. The molecular formula is C35H44ClN3O4. The van der Waals surface area contributed by atoms with Crippen LogP contribution >= 0.6 is 11.6 Å². The minimum Gasteiger partial charge on any atom is -0.506 e. The number of piperidine rings is 1. The number of anilines is 1. The van der Waals surface area contributed by atoms with Crippen LogP contribution in [-0.2, 0) is 4.74 Å². The van der Waals surface area contributed by atoms with Crippen molar-refractivity contribution in [2.45, 2.75) is 63.9 Å². The number of aromatic hydroxyl groups is 1. The number of unbranched alkanes of at least 4 members (excludes halogenated alkanes) is 6. The Morgan fingerprint density at radius 2 is 1.53 bits per heavy atom. The molecule has 0 saturated carbocycles. The zero-order valence-electron chi connectivity index (χ0n) is 24.9. The maximum atomic E-state index is 12.6. The SMILES string of the molecule is O=C(Nc1ccccc1-c1ccccc1)OC1CCN(CCCCCCCCCNCC(=O)c2ccc(O)c(Cl)c2)CC1. The number of para-hydroxylation sites is 1. The van der Waals surface area contributed by atoms with Crippen LogP contribution in [0.3, 0.4) is 0 Å². The van der Waals surface area contributed by atoms with Crippen molar-refractivity contribution >= 4 is 29.2 Å². The number of nitrogens with zero attached hydrogens (tertiary/aromatic N) is 1. The minimum atomic E-state index is -0.384. The number of likely N-dealkylation sites (tertiary alicyclic amines) is 1. The second-order valence-corrected chi connectivity index (χ2v) is 11.6. The van der Waals surface area contributed by atoms with Crippen LogP contribution in [0, 0.1) is 0 Å². The Kier molecular flexibility index (Phi) is 13.4. The van der Waals surface area contributed by atoms with Crippen LogP contribution < -0.4 is 10.6 Å². The van der Waals surface area contributed by atoms with E-state index in [2.05, 4.69) is 15.5 Å². The largest absolute Gasteiger partial charge is 0.506 e. The Hall–Kier alpha value is -3.39. The van der Waals surface area contributed by atoms with Crippen molar-refractivity contribution in [2.24, 2.45) is 0 Å². The molecule has 3 aromatic carbocycles. The molecule has 230 valence electrons. The highest BCUT2D eigenvalue weighted by Gasteiger charge is 2.22. The molecule has 4 rings (SSSR count). The van der Waals surface area contributed by atoms with Crippen molar-refractivity contribution in [3.05, 3.63) is 83.4 Å². The third kappa shape index (κ3) is 11.0. The summed E-state index contributed by atoms with van der Waals surface area (Å²) in [6.07, 6.45) is 9.67. The summed E-state index contributed by atoms with van der Waals surface area (Å²) in [6.45, 7) is 4.13. The number of halogens is 1. The highest BCUT2D eigenvalue weighted by molar-refractivity contribution is 6.32. The van der Waals surface area contributed by atoms with Crippen LogP contribution in [-0.4, -0.2) is 60.7 Å². The first-order chi connectivity index (χ1) is 21.0. The normalized spacial score (nSPS) is 14.0. The van der Waals surface area contributed by atoms with Crippen LogP contribution in [0.15, 0.2) is 72.8 Å². The molecule has 0 aromatic heterocycles. The fourth-order valence-electron chi connectivity index (χ4n) is 5.46. The first-order valence-electron chi connectivity index (χ1n) is 15.6. The topological polar surface area (TPSA) is 90.9 Å². The standard InChI is InChI=1S/C35H44ClN3O4/c36-31-25-28(17-18-33(31)40)34(41)26-37-21-11-4-2-1-3-5-12-22-39-23-19-29(20-24-39)43-35(42)38-32-16-10-9-15-30(32)27-13-7-6-8-14-27/h6-10,13-18,25,29,37,40H,1-5,11-12,19-24,26H2,(H,38,42). The van der Waals surface area contributed by atoms with Crippen molar-refractivity contribution in [2.75, 3.05) is 38.0 Å². The molecule has 0 aliphatic carbocycles. The fourth-order valence-corrected chi connectivity index (χ4v) is 5.64. The summed E-state index contributed by atoms with van der Waals surface area (Å²) < 4.78 is 5.77. The van der Waals surface area contributed by atoms with Gasteiger partial charge in [-0.3, -0.25) is 10.1 Å². The van der Waals surface area contributed by atoms with Crippen molar-refractivity contribution < 1.29 is 19.4 Å². The number of hydrogen-bond donors (Lipinski definition) is 3. The number of carbonyl (C=O) groups is 2. The molecule has 1 amide bonds. The molecule has 1 saturated heterocycles. The number of rotatable bonds is 16. The number of phenolic OH excluding ortho intramolecular Hbond substituents is 1. The molecule has 3 aromatic rings. The second kappa shape index (κ2) is 17.7. The van der Waals surface area contributed by atoms with E-state index in [1.165, 1.54) is 44.2 Å². The maximum absolute atomic E-state index is 12.6. The molecule has 7 nitrogen and oxygen atoms in total. The fraction of sp³-hybridized carbons (Fsp3) is 0.429. The van der Waals surface area contributed by atoms with E-state index in [1.807, 2.05) is 54.6 Å². The van der Waals surface area contributed by atoms with E-state index in [-0.39, 0.29) is 35.3 Å². The lowest BCUT2D eigenvalue weighted by atomic mass is 10.0. The van der Waals surface area contributed by atoms with Gasteiger partial charge in [0.05, 0.1) is 17.3 Å². The number of benzene rings is 3. The van der Waals surface area contributed by atoms with Crippen LogP contribution in [0.4, 0.5) is 10.5 Å². The number of Topliss-reactive ketones (excluding diaryl/α,β-unsaturated/α-hetero) is 1. The number of amides is 1. The molecule has 0 bridgehead atoms. The summed E-state index contributed by atoms with van der Waals surface area (Å²) in [6, 6.07) is 22.4. The van der Waals surface area contributed by atoms with Gasteiger partial charge in [0.1, 0.15) is 11.9 Å². The summed E-state index contributed by atoms with van der Waals surface area (Å²) in [4.78, 5) is 27.3. The predicted octanol–water partition coefficient (Wildman–Crippen LogP) is 7.93. The molecule has 0 atom stereocenters. The molecule has 3 N–H and O–H groups in total. The number of phenols is 1. The summed E-state index contributed by atoms with van der Waals surface area (Å²) in [7, 11) is 0. The third-order valence-electron chi connectivity index (χ3n) is 7.94. The van der Waals surface area contributed by atoms with Gasteiger partial charge >= 0.3 is 6.09 Å². The summed E-state index contributed by atoms with van der Waals surface area (Å²) >= 11 is 5.88. The number of ketones is 1. The maximum Gasteiger partial charge on any atom is 0.411 e.